The van der Waals surface area contributed by atoms with Crippen LogP contribution in [0.2, 0.25) is 0 Å². The number of benzene rings is 1. The van der Waals surface area contributed by atoms with Gasteiger partial charge in [-0.05, 0) is 73.0 Å². The van der Waals surface area contributed by atoms with E-state index in [1.165, 1.54) is 12.6 Å². The molecule has 1 aromatic carbocycles. The van der Waals surface area contributed by atoms with Gasteiger partial charge in [0, 0.05) is 0 Å². The Morgan fingerprint density at radius 1 is 1.03 bits per heavy atom. The van der Waals surface area contributed by atoms with Crippen molar-refractivity contribution in [1.29, 1.82) is 0 Å². The van der Waals surface area contributed by atoms with E-state index in [-0.39, 0.29) is 29.0 Å². The van der Waals surface area contributed by atoms with E-state index in [0.29, 0.717) is 5.41 Å². The number of rotatable bonds is 7. The number of amides is 1. The predicted octanol–water partition coefficient (Wildman–Crippen LogP) is 7.46. The van der Waals surface area contributed by atoms with E-state index in [1.807, 2.05) is 0 Å². The van der Waals surface area contributed by atoms with Gasteiger partial charge in [0.2, 0.25) is 0 Å². The molecular formula is C29H48N2O3. The Morgan fingerprint density at radius 2 is 1.56 bits per heavy atom. The van der Waals surface area contributed by atoms with Crippen LogP contribution in [0, 0.1) is 16.7 Å². The van der Waals surface area contributed by atoms with E-state index in [1.54, 1.807) is 24.3 Å². The number of carboxylic acids is 1. The van der Waals surface area contributed by atoms with Crippen LogP contribution in [0.5, 0.6) is 0 Å². The first-order valence-electron chi connectivity index (χ1n) is 12.9. The Morgan fingerprint density at radius 3 is 2.00 bits per heavy atom. The molecule has 0 radical (unpaired) electrons. The summed E-state index contributed by atoms with van der Waals surface area (Å²) in [5.41, 5.74) is 1.64. The first-order chi connectivity index (χ1) is 15.8. The molecule has 0 saturated heterocycles. The standard InChI is InChI=1S/C26H40N2O3.C3H8/c1-25(2,3)16-15-22(18-7-9-19(10-8-18)24(30)31)28-23(29)17-27-21-13-11-20(12-14-21)26(4,5)6;1-3-2/h7-10,17,20-22H,11-16H2,1-6H3,(H,28,29)(H,30,31);3H2,1-2H3. The number of carboxylic acid groups (broad SMARTS) is 1. The van der Waals surface area contributed by atoms with Crippen molar-refractivity contribution in [3.05, 3.63) is 35.4 Å². The molecule has 1 fully saturated rings. The number of carbonyl (C=O) groups is 2. The summed E-state index contributed by atoms with van der Waals surface area (Å²) < 4.78 is 0. The van der Waals surface area contributed by atoms with Gasteiger partial charge >= 0.3 is 5.97 Å². The van der Waals surface area contributed by atoms with Crippen LogP contribution < -0.4 is 5.32 Å². The van der Waals surface area contributed by atoms with Gasteiger partial charge in [0.15, 0.2) is 0 Å². The van der Waals surface area contributed by atoms with E-state index in [4.69, 9.17) is 5.11 Å². The minimum Gasteiger partial charge on any atom is -0.478 e. The predicted molar refractivity (Wildman–Crippen MR) is 143 cm³/mol. The van der Waals surface area contributed by atoms with E-state index >= 15 is 0 Å². The van der Waals surface area contributed by atoms with Crippen molar-refractivity contribution in [2.24, 2.45) is 21.7 Å². The lowest BCUT2D eigenvalue weighted by molar-refractivity contribution is -0.115. The Bertz CT molecular complexity index is 777. The van der Waals surface area contributed by atoms with E-state index in [0.717, 1.165) is 50.0 Å². The summed E-state index contributed by atoms with van der Waals surface area (Å²) in [5, 5.41) is 12.2. The molecule has 1 atom stereocenters. The maximum absolute atomic E-state index is 12.6. The third-order valence-corrected chi connectivity index (χ3v) is 6.38. The summed E-state index contributed by atoms with van der Waals surface area (Å²) in [7, 11) is 0. The zero-order chi connectivity index (χ0) is 25.9. The van der Waals surface area contributed by atoms with Crippen LogP contribution in [0.1, 0.15) is 122 Å². The Hall–Kier alpha value is -2.17. The third kappa shape index (κ3) is 11.3. The van der Waals surface area contributed by atoms with Gasteiger partial charge in [-0.15, -0.1) is 0 Å². The highest BCUT2D eigenvalue weighted by atomic mass is 16.4. The molecule has 0 bridgehead atoms. The lowest BCUT2D eigenvalue weighted by Crippen LogP contribution is -2.31. The SMILES string of the molecule is CC(C)(C)CCC(NC(=O)C=NC1CCC(C(C)(C)C)CC1)c1ccc(C(=O)O)cc1.CCC. The largest absolute Gasteiger partial charge is 0.478 e. The fraction of sp³-hybridized carbons (Fsp3) is 0.690. The monoisotopic (exact) mass is 472 g/mol. The number of hydrogen-bond donors (Lipinski definition) is 2. The number of hydrogen-bond acceptors (Lipinski definition) is 3. The van der Waals surface area contributed by atoms with Gasteiger partial charge in [-0.3, -0.25) is 9.79 Å². The summed E-state index contributed by atoms with van der Waals surface area (Å²) in [4.78, 5) is 28.4. The fourth-order valence-corrected chi connectivity index (χ4v) is 4.23. The van der Waals surface area contributed by atoms with Gasteiger partial charge in [0.25, 0.3) is 5.91 Å². The Kier molecular flexibility index (Phi) is 12.0. The van der Waals surface area contributed by atoms with Gasteiger partial charge in [-0.2, -0.15) is 0 Å². The van der Waals surface area contributed by atoms with Crippen molar-refractivity contribution in [3.63, 3.8) is 0 Å². The Balaban J connectivity index is 0.00000182. The second-order valence-corrected chi connectivity index (χ2v) is 11.9. The highest BCUT2D eigenvalue weighted by Gasteiger charge is 2.29. The molecule has 192 valence electrons. The van der Waals surface area contributed by atoms with Crippen LogP contribution in [0.25, 0.3) is 0 Å². The molecule has 5 heteroatoms. The molecule has 1 aromatic rings. The zero-order valence-corrected chi connectivity index (χ0v) is 22.8. The van der Waals surface area contributed by atoms with E-state index in [9.17, 15) is 9.59 Å². The first kappa shape index (κ1) is 29.9. The van der Waals surface area contributed by atoms with Crippen LogP contribution in [0.4, 0.5) is 0 Å². The number of aliphatic imine (C=N–C) groups is 1. The van der Waals surface area contributed by atoms with E-state index in [2.05, 4.69) is 65.7 Å². The van der Waals surface area contributed by atoms with Crippen molar-refractivity contribution in [2.75, 3.05) is 0 Å². The zero-order valence-electron chi connectivity index (χ0n) is 22.8. The lowest BCUT2D eigenvalue weighted by Gasteiger charge is -2.35. The van der Waals surface area contributed by atoms with Gasteiger partial charge < -0.3 is 10.4 Å². The molecule has 1 amide bonds. The average Bonchev–Trinajstić information content (AvgIpc) is 2.75. The molecule has 5 nitrogen and oxygen atoms in total. The van der Waals surface area contributed by atoms with Gasteiger partial charge in [-0.1, -0.05) is 73.9 Å². The topological polar surface area (TPSA) is 78.8 Å². The van der Waals surface area contributed by atoms with E-state index < -0.39 is 5.97 Å². The summed E-state index contributed by atoms with van der Waals surface area (Å²) in [6, 6.07) is 6.83. The fourth-order valence-electron chi connectivity index (χ4n) is 4.23. The summed E-state index contributed by atoms with van der Waals surface area (Å²) in [6.45, 7) is 17.7. The molecule has 1 aliphatic carbocycles. The Labute approximate surface area is 207 Å². The van der Waals surface area contributed by atoms with Gasteiger partial charge in [0.1, 0.15) is 0 Å². The van der Waals surface area contributed by atoms with Gasteiger partial charge in [-0.25, -0.2) is 4.79 Å². The molecule has 2 N–H and O–H groups in total. The normalized spacial score (nSPS) is 19.8. The second-order valence-electron chi connectivity index (χ2n) is 11.9. The van der Waals surface area contributed by atoms with Crippen molar-refractivity contribution >= 4 is 18.1 Å². The maximum atomic E-state index is 12.6. The third-order valence-electron chi connectivity index (χ3n) is 6.38. The molecule has 0 spiro atoms. The molecule has 0 aromatic heterocycles. The molecule has 0 aliphatic heterocycles. The van der Waals surface area contributed by atoms with Crippen LogP contribution in [0.3, 0.4) is 0 Å². The van der Waals surface area contributed by atoms with Crippen molar-refractivity contribution in [2.45, 2.75) is 112 Å². The molecule has 1 saturated carbocycles. The van der Waals surface area contributed by atoms with Gasteiger partial charge in [0.05, 0.1) is 23.9 Å². The smallest absolute Gasteiger partial charge is 0.335 e. The first-order valence-corrected chi connectivity index (χ1v) is 12.9. The molecule has 1 unspecified atom stereocenters. The minimum absolute atomic E-state index is 0.143. The maximum Gasteiger partial charge on any atom is 0.335 e. The summed E-state index contributed by atoms with van der Waals surface area (Å²) >= 11 is 0. The summed E-state index contributed by atoms with van der Waals surface area (Å²) in [6.07, 6.45) is 8.83. The number of carbonyl (C=O) groups excluding carboxylic acids is 1. The second kappa shape index (κ2) is 13.7. The number of aromatic carboxylic acids is 1. The highest BCUT2D eigenvalue weighted by Crippen LogP contribution is 2.38. The summed E-state index contributed by atoms with van der Waals surface area (Å²) in [5.74, 6) is -0.405. The molecular weight excluding hydrogens is 424 g/mol. The lowest BCUT2D eigenvalue weighted by atomic mass is 9.71. The average molecular weight is 473 g/mol. The molecule has 34 heavy (non-hydrogen) atoms. The molecule has 0 heterocycles. The minimum atomic E-state index is -0.949. The number of nitrogens with zero attached hydrogens (tertiary/aromatic N) is 1. The highest BCUT2D eigenvalue weighted by molar-refractivity contribution is 6.26. The van der Waals surface area contributed by atoms with Crippen LogP contribution in [-0.2, 0) is 4.79 Å². The van der Waals surface area contributed by atoms with Crippen molar-refractivity contribution in [3.8, 4) is 0 Å². The van der Waals surface area contributed by atoms with Crippen LogP contribution in [-0.4, -0.2) is 29.2 Å². The molecule has 2 rings (SSSR count). The van der Waals surface area contributed by atoms with Crippen LogP contribution >= 0.6 is 0 Å². The molecule has 1 aliphatic rings. The quantitative estimate of drug-likeness (QED) is 0.404. The van der Waals surface area contributed by atoms with Crippen LogP contribution in [0.15, 0.2) is 29.3 Å². The van der Waals surface area contributed by atoms with Crippen molar-refractivity contribution in [1.82, 2.24) is 5.32 Å². The number of nitrogens with one attached hydrogen (secondary N) is 1. The van der Waals surface area contributed by atoms with Crippen molar-refractivity contribution < 1.29 is 14.7 Å².